The molecule has 0 N–H and O–H groups in total. The van der Waals surface area contributed by atoms with Gasteiger partial charge in [-0.15, -0.1) is 0 Å². The molecule has 0 amide bonds. The molecule has 0 aliphatic carbocycles. The zero-order valence-electron chi connectivity index (χ0n) is 15.4. The third kappa shape index (κ3) is 4.49. The van der Waals surface area contributed by atoms with E-state index in [-0.39, 0.29) is 0 Å². The van der Waals surface area contributed by atoms with Crippen molar-refractivity contribution < 1.29 is 4.48 Å². The van der Waals surface area contributed by atoms with E-state index in [1.807, 2.05) is 17.8 Å². The summed E-state index contributed by atoms with van der Waals surface area (Å²) in [5.74, 6) is 0. The molecule has 2 aromatic carbocycles. The molecule has 1 heterocycles. The van der Waals surface area contributed by atoms with E-state index in [1.54, 1.807) is 0 Å². The van der Waals surface area contributed by atoms with Crippen LogP contribution in [-0.4, -0.2) is 31.7 Å². The molecule has 3 heteroatoms. The first kappa shape index (κ1) is 18.6. The van der Waals surface area contributed by atoms with Crippen LogP contribution in [0, 0.1) is 0 Å². The smallest absolute Gasteiger partial charge is 0.0817 e. The van der Waals surface area contributed by atoms with Crippen molar-refractivity contribution in [2.24, 2.45) is 0 Å². The number of halogens is 1. The van der Waals surface area contributed by atoms with Gasteiger partial charge in [0.15, 0.2) is 0 Å². The molecular formula is C22H27ClNS+. The predicted octanol–water partition coefficient (Wildman–Crippen LogP) is 6.50. The highest BCUT2D eigenvalue weighted by Gasteiger charge is 2.21. The number of fused-ring (bicyclic) bond motifs is 2. The molecular weight excluding hydrogens is 346 g/mol. The molecule has 0 unspecified atom stereocenters. The molecule has 0 atom stereocenters. The maximum Gasteiger partial charge on any atom is 0.0817 e. The number of unbranched alkanes of at least 4 members (excludes halogenated alkanes) is 1. The van der Waals surface area contributed by atoms with E-state index in [9.17, 15) is 0 Å². The average molecular weight is 373 g/mol. The summed E-state index contributed by atoms with van der Waals surface area (Å²) in [4.78, 5) is 2.64. The Hall–Kier alpha value is -1.22. The van der Waals surface area contributed by atoms with Crippen LogP contribution in [0.1, 0.15) is 37.3 Å². The van der Waals surface area contributed by atoms with Gasteiger partial charge in [0.05, 0.1) is 27.2 Å². The zero-order chi connectivity index (χ0) is 17.9. The van der Waals surface area contributed by atoms with Gasteiger partial charge in [0.1, 0.15) is 0 Å². The second-order valence-corrected chi connectivity index (χ2v) is 8.90. The lowest BCUT2D eigenvalue weighted by atomic mass is 9.96. The molecule has 0 fully saturated rings. The van der Waals surface area contributed by atoms with Crippen LogP contribution in [0.15, 0.2) is 58.3 Å². The highest BCUT2D eigenvalue weighted by molar-refractivity contribution is 7.99. The minimum Gasteiger partial charge on any atom is -0.328 e. The van der Waals surface area contributed by atoms with Gasteiger partial charge in [0.25, 0.3) is 0 Å². The molecule has 0 saturated carbocycles. The number of rotatable bonds is 6. The Bertz CT molecular complexity index is 779. The summed E-state index contributed by atoms with van der Waals surface area (Å²) in [7, 11) is 4.67. The number of hydrogen-bond acceptors (Lipinski definition) is 1. The van der Waals surface area contributed by atoms with E-state index in [1.165, 1.54) is 45.9 Å². The minimum absolute atomic E-state index is 0.809. The molecule has 0 aromatic heterocycles. The number of nitrogens with zero attached hydrogens (tertiary/aromatic N) is 1. The van der Waals surface area contributed by atoms with Crippen molar-refractivity contribution in [3.63, 3.8) is 0 Å². The molecule has 25 heavy (non-hydrogen) atoms. The van der Waals surface area contributed by atoms with E-state index in [2.05, 4.69) is 63.5 Å². The molecule has 1 aliphatic rings. The first-order chi connectivity index (χ1) is 12.0. The molecule has 132 valence electrons. The van der Waals surface area contributed by atoms with Gasteiger partial charge >= 0.3 is 0 Å². The Labute approximate surface area is 161 Å². The highest BCUT2D eigenvalue weighted by atomic mass is 35.5. The summed E-state index contributed by atoms with van der Waals surface area (Å²) in [6.45, 7) is 4.67. The second kappa shape index (κ2) is 7.99. The zero-order valence-corrected chi connectivity index (χ0v) is 17.0. The van der Waals surface area contributed by atoms with Gasteiger partial charge in [-0.05, 0) is 47.4 Å². The standard InChI is InChI=1S/C22H27ClNS/c1-4-5-14-24(2,3)15-8-10-18-19-9-6-7-11-21(19)25-22-13-12-17(23)16-20(18)22/h6-7,9-13,16H,4-5,8,14-15H2,1-3H3/q+1. The molecule has 0 radical (unpaired) electrons. The number of hydrogen-bond donors (Lipinski definition) is 0. The van der Waals surface area contributed by atoms with E-state index in [4.69, 9.17) is 11.6 Å². The molecule has 0 spiro atoms. The molecule has 2 aromatic rings. The topological polar surface area (TPSA) is 0 Å². The number of quaternary nitrogens is 1. The molecule has 1 nitrogen and oxygen atoms in total. The third-order valence-electron chi connectivity index (χ3n) is 4.83. The average Bonchev–Trinajstić information content (AvgIpc) is 2.60. The SMILES string of the molecule is CCCC[N+](C)(C)CCC=C1c2ccccc2Sc2ccc(Cl)cc21. The van der Waals surface area contributed by atoms with Crippen molar-refractivity contribution in [1.82, 2.24) is 0 Å². The maximum atomic E-state index is 6.29. The monoisotopic (exact) mass is 372 g/mol. The first-order valence-corrected chi connectivity index (χ1v) is 10.3. The van der Waals surface area contributed by atoms with Crippen molar-refractivity contribution >= 4 is 28.9 Å². The van der Waals surface area contributed by atoms with Crippen molar-refractivity contribution in [2.75, 3.05) is 27.2 Å². The Balaban J connectivity index is 1.88. The van der Waals surface area contributed by atoms with Gasteiger partial charge < -0.3 is 4.48 Å². The van der Waals surface area contributed by atoms with Crippen LogP contribution in [0.5, 0.6) is 0 Å². The van der Waals surface area contributed by atoms with E-state index in [0.717, 1.165) is 22.5 Å². The first-order valence-electron chi connectivity index (χ1n) is 9.09. The predicted molar refractivity (Wildman–Crippen MR) is 110 cm³/mol. The fraction of sp³-hybridized carbons (Fsp3) is 0.364. The molecule has 0 bridgehead atoms. The van der Waals surface area contributed by atoms with Crippen LogP contribution in [0.2, 0.25) is 5.02 Å². The summed E-state index contributed by atoms with van der Waals surface area (Å²) < 4.78 is 1.08. The van der Waals surface area contributed by atoms with E-state index in [0.29, 0.717) is 0 Å². The van der Waals surface area contributed by atoms with Gasteiger partial charge in [-0.25, -0.2) is 0 Å². The van der Waals surface area contributed by atoms with Crippen LogP contribution in [0.4, 0.5) is 0 Å². The minimum atomic E-state index is 0.809. The maximum absolute atomic E-state index is 6.29. The van der Waals surface area contributed by atoms with Crippen LogP contribution in [-0.2, 0) is 0 Å². The summed E-state index contributed by atoms with van der Waals surface area (Å²) >= 11 is 8.13. The molecule has 0 saturated heterocycles. The van der Waals surface area contributed by atoms with Crippen LogP contribution < -0.4 is 0 Å². The quantitative estimate of drug-likeness (QED) is 0.445. The fourth-order valence-corrected chi connectivity index (χ4v) is 4.58. The normalized spacial score (nSPS) is 15.1. The Kier molecular flexibility index (Phi) is 5.93. The molecule has 1 aliphatic heterocycles. The van der Waals surface area contributed by atoms with Crippen molar-refractivity contribution in [1.29, 1.82) is 0 Å². The lowest BCUT2D eigenvalue weighted by Gasteiger charge is -2.29. The van der Waals surface area contributed by atoms with Gasteiger partial charge in [0, 0.05) is 21.2 Å². The van der Waals surface area contributed by atoms with Crippen LogP contribution >= 0.6 is 23.4 Å². The van der Waals surface area contributed by atoms with Gasteiger partial charge in [-0.1, -0.05) is 61.0 Å². The highest BCUT2D eigenvalue weighted by Crippen LogP contribution is 2.46. The number of benzene rings is 2. The molecule has 3 rings (SSSR count). The summed E-state index contributed by atoms with van der Waals surface area (Å²) in [6, 6.07) is 14.9. The van der Waals surface area contributed by atoms with Gasteiger partial charge in [-0.3, -0.25) is 0 Å². The fourth-order valence-electron chi connectivity index (χ4n) is 3.32. The van der Waals surface area contributed by atoms with E-state index >= 15 is 0 Å². The second-order valence-electron chi connectivity index (χ2n) is 7.38. The van der Waals surface area contributed by atoms with Crippen LogP contribution in [0.25, 0.3) is 5.57 Å². The van der Waals surface area contributed by atoms with Gasteiger partial charge in [-0.2, -0.15) is 0 Å². The largest absolute Gasteiger partial charge is 0.328 e. The summed E-state index contributed by atoms with van der Waals surface area (Å²) in [5, 5.41) is 0.809. The Morgan fingerprint density at radius 1 is 1.00 bits per heavy atom. The van der Waals surface area contributed by atoms with Crippen molar-refractivity contribution in [3.05, 3.63) is 64.7 Å². The van der Waals surface area contributed by atoms with Crippen molar-refractivity contribution in [2.45, 2.75) is 36.0 Å². The third-order valence-corrected chi connectivity index (χ3v) is 6.22. The lowest BCUT2D eigenvalue weighted by Crippen LogP contribution is -2.41. The summed E-state index contributed by atoms with van der Waals surface area (Å²) in [5.41, 5.74) is 3.94. The summed E-state index contributed by atoms with van der Waals surface area (Å²) in [6.07, 6.45) is 6.05. The van der Waals surface area contributed by atoms with Gasteiger partial charge in [0.2, 0.25) is 0 Å². The van der Waals surface area contributed by atoms with E-state index < -0.39 is 0 Å². The Morgan fingerprint density at radius 2 is 1.76 bits per heavy atom. The lowest BCUT2D eigenvalue weighted by molar-refractivity contribution is -0.890. The Morgan fingerprint density at radius 3 is 2.56 bits per heavy atom. The van der Waals surface area contributed by atoms with Crippen molar-refractivity contribution in [3.8, 4) is 0 Å². The van der Waals surface area contributed by atoms with Crippen LogP contribution in [0.3, 0.4) is 0 Å².